The van der Waals surface area contributed by atoms with Crippen LogP contribution < -0.4 is 15.8 Å². The number of hydrogen-bond acceptors (Lipinski definition) is 9. The average molecular weight is 556 g/mol. The standard InChI is InChI=1S/C26H25N3O6S2.CH4/c1-4-34-26(31)20-12-28-24(27)22-17(14-36-23(20)22)13-35-21-9-8-16(10-15(21)2)25(30)29-18-6-5-7-19(11-18)37(3,32)33;/h5-12,14H,4,13H2,1-3H3,(H2,27,28)(H,29,30);1H4. The lowest BCUT2D eigenvalue weighted by Gasteiger charge is -2.12. The number of aromatic nitrogens is 1. The highest BCUT2D eigenvalue weighted by Gasteiger charge is 2.19. The van der Waals surface area contributed by atoms with Crippen LogP contribution in [0.1, 0.15) is 46.2 Å². The van der Waals surface area contributed by atoms with Gasteiger partial charge >= 0.3 is 5.97 Å². The summed E-state index contributed by atoms with van der Waals surface area (Å²) in [7, 11) is -3.39. The Morgan fingerprint density at radius 3 is 2.61 bits per heavy atom. The van der Waals surface area contributed by atoms with E-state index in [2.05, 4.69) is 10.3 Å². The second-order valence-corrected chi connectivity index (χ2v) is 11.2. The van der Waals surface area contributed by atoms with Gasteiger partial charge in [0, 0.05) is 34.7 Å². The Morgan fingerprint density at radius 1 is 1.16 bits per heavy atom. The molecule has 3 N–H and O–H groups in total. The van der Waals surface area contributed by atoms with Crippen LogP contribution >= 0.6 is 11.3 Å². The first-order valence-corrected chi connectivity index (χ1v) is 14.0. The molecule has 0 saturated heterocycles. The second kappa shape index (κ2) is 11.6. The zero-order chi connectivity index (χ0) is 26.7. The molecule has 1 amide bonds. The fourth-order valence-electron chi connectivity index (χ4n) is 3.71. The number of sulfone groups is 1. The number of nitrogen functional groups attached to an aromatic ring is 1. The summed E-state index contributed by atoms with van der Waals surface area (Å²) in [4.78, 5) is 29.3. The van der Waals surface area contributed by atoms with Crippen LogP contribution in [0.2, 0.25) is 0 Å². The van der Waals surface area contributed by atoms with Gasteiger partial charge in [-0.3, -0.25) is 4.79 Å². The van der Waals surface area contributed by atoms with E-state index in [-0.39, 0.29) is 31.4 Å². The van der Waals surface area contributed by atoms with Crippen LogP contribution in [0, 0.1) is 6.92 Å². The minimum atomic E-state index is -3.39. The molecule has 0 fully saturated rings. The van der Waals surface area contributed by atoms with Crippen molar-refractivity contribution in [2.45, 2.75) is 32.8 Å². The number of fused-ring (bicyclic) bond motifs is 1. The predicted octanol–water partition coefficient (Wildman–Crippen LogP) is 5.23. The third-order valence-corrected chi connectivity index (χ3v) is 7.71. The molecule has 200 valence electrons. The van der Waals surface area contributed by atoms with Crippen molar-refractivity contribution in [2.75, 3.05) is 23.9 Å². The van der Waals surface area contributed by atoms with Crippen LogP contribution in [0.25, 0.3) is 10.1 Å². The molecule has 11 heteroatoms. The molecule has 2 aromatic carbocycles. The van der Waals surface area contributed by atoms with Gasteiger partial charge in [0.1, 0.15) is 18.2 Å². The summed E-state index contributed by atoms with van der Waals surface area (Å²) in [5.41, 5.74) is 8.74. The average Bonchev–Trinajstić information content (AvgIpc) is 3.28. The van der Waals surface area contributed by atoms with E-state index in [0.717, 1.165) is 17.4 Å². The zero-order valence-corrected chi connectivity index (χ0v) is 22.0. The maximum atomic E-state index is 12.7. The lowest BCUT2D eigenvalue weighted by atomic mass is 10.1. The minimum Gasteiger partial charge on any atom is -0.489 e. The zero-order valence-electron chi connectivity index (χ0n) is 20.4. The van der Waals surface area contributed by atoms with Crippen LogP contribution in [-0.2, 0) is 21.2 Å². The Morgan fingerprint density at radius 2 is 1.92 bits per heavy atom. The van der Waals surface area contributed by atoms with Gasteiger partial charge in [0.2, 0.25) is 0 Å². The molecule has 0 atom stereocenters. The lowest BCUT2D eigenvalue weighted by molar-refractivity contribution is 0.0528. The van der Waals surface area contributed by atoms with E-state index in [1.54, 1.807) is 37.3 Å². The largest absolute Gasteiger partial charge is 0.489 e. The fraction of sp³-hybridized carbons (Fsp3) is 0.222. The number of aryl methyl sites for hydroxylation is 1. The minimum absolute atomic E-state index is 0. The van der Waals surface area contributed by atoms with Gasteiger partial charge in [-0.05, 0) is 61.2 Å². The van der Waals surface area contributed by atoms with Crippen molar-refractivity contribution in [1.29, 1.82) is 0 Å². The molecule has 4 aromatic rings. The van der Waals surface area contributed by atoms with Gasteiger partial charge in [-0.15, -0.1) is 11.3 Å². The van der Waals surface area contributed by atoms with E-state index in [1.165, 1.54) is 29.7 Å². The molecule has 0 aliphatic heterocycles. The Labute approximate surface area is 225 Å². The summed E-state index contributed by atoms with van der Waals surface area (Å²) in [6.45, 7) is 3.99. The second-order valence-electron chi connectivity index (χ2n) is 8.27. The normalized spacial score (nSPS) is 11.0. The molecule has 0 saturated carbocycles. The number of ether oxygens (including phenoxy) is 2. The molecular formula is C27H29N3O6S2. The van der Waals surface area contributed by atoms with Gasteiger partial charge in [0.15, 0.2) is 9.84 Å². The number of esters is 1. The number of amides is 1. The number of pyridine rings is 1. The highest BCUT2D eigenvalue weighted by atomic mass is 32.2. The molecule has 0 radical (unpaired) electrons. The summed E-state index contributed by atoms with van der Waals surface area (Å²) in [6.07, 6.45) is 2.53. The van der Waals surface area contributed by atoms with Crippen molar-refractivity contribution >= 4 is 54.6 Å². The van der Waals surface area contributed by atoms with Crippen molar-refractivity contribution in [3.8, 4) is 5.75 Å². The monoisotopic (exact) mass is 555 g/mol. The molecule has 2 aromatic heterocycles. The van der Waals surface area contributed by atoms with Gasteiger partial charge in [-0.1, -0.05) is 13.5 Å². The summed E-state index contributed by atoms with van der Waals surface area (Å²) in [6, 6.07) is 11.1. The van der Waals surface area contributed by atoms with E-state index in [0.29, 0.717) is 38.5 Å². The number of anilines is 2. The topological polar surface area (TPSA) is 138 Å². The van der Waals surface area contributed by atoms with E-state index < -0.39 is 15.8 Å². The molecule has 0 unspecified atom stereocenters. The fourth-order valence-corrected chi connectivity index (χ4v) is 5.44. The highest BCUT2D eigenvalue weighted by molar-refractivity contribution is 7.90. The van der Waals surface area contributed by atoms with Gasteiger partial charge in [-0.2, -0.15) is 0 Å². The lowest BCUT2D eigenvalue weighted by Crippen LogP contribution is -2.12. The van der Waals surface area contributed by atoms with Crippen LogP contribution in [0.15, 0.2) is 58.9 Å². The molecule has 4 rings (SSSR count). The number of benzene rings is 2. The Balaban J connectivity index is 0.00000400. The number of hydrogen-bond donors (Lipinski definition) is 2. The van der Waals surface area contributed by atoms with Gasteiger partial charge in [0.05, 0.1) is 21.8 Å². The maximum absolute atomic E-state index is 12.7. The summed E-state index contributed by atoms with van der Waals surface area (Å²) in [5, 5.41) is 5.24. The van der Waals surface area contributed by atoms with Crippen molar-refractivity contribution < 1.29 is 27.5 Å². The SMILES string of the molecule is C.CCOC(=O)c1cnc(N)c2c(COc3ccc(C(=O)Nc4cccc(S(C)(=O)=O)c4)cc3C)csc12. The van der Waals surface area contributed by atoms with Crippen molar-refractivity contribution in [3.05, 3.63) is 76.3 Å². The number of nitrogens with zero attached hydrogens (tertiary/aromatic N) is 1. The molecule has 0 aliphatic carbocycles. The summed E-state index contributed by atoms with van der Waals surface area (Å²) < 4.78 is 35.4. The first-order valence-electron chi connectivity index (χ1n) is 11.2. The number of rotatable bonds is 8. The molecular weight excluding hydrogens is 526 g/mol. The summed E-state index contributed by atoms with van der Waals surface area (Å²) in [5.74, 6) is 0.0335. The highest BCUT2D eigenvalue weighted by Crippen LogP contribution is 2.34. The van der Waals surface area contributed by atoms with Crippen LogP contribution in [0.3, 0.4) is 0 Å². The molecule has 0 bridgehead atoms. The third kappa shape index (κ3) is 6.12. The van der Waals surface area contributed by atoms with Gasteiger partial charge in [-0.25, -0.2) is 18.2 Å². The van der Waals surface area contributed by atoms with Crippen LogP contribution in [0.4, 0.5) is 11.5 Å². The van der Waals surface area contributed by atoms with Crippen LogP contribution in [-0.4, -0.2) is 38.1 Å². The number of carbonyl (C=O) groups excluding carboxylic acids is 2. The molecule has 38 heavy (non-hydrogen) atoms. The molecule has 0 spiro atoms. The molecule has 0 aliphatic rings. The predicted molar refractivity (Wildman–Crippen MR) is 150 cm³/mol. The van der Waals surface area contributed by atoms with Gasteiger partial charge in [0.25, 0.3) is 5.91 Å². The van der Waals surface area contributed by atoms with E-state index in [9.17, 15) is 18.0 Å². The Hall–Kier alpha value is -3.96. The smallest absolute Gasteiger partial charge is 0.341 e. The number of carbonyl (C=O) groups is 2. The Bertz CT molecular complexity index is 1610. The van der Waals surface area contributed by atoms with Crippen LogP contribution in [0.5, 0.6) is 5.75 Å². The van der Waals surface area contributed by atoms with E-state index in [1.807, 2.05) is 12.3 Å². The molecule has 9 nitrogen and oxygen atoms in total. The van der Waals surface area contributed by atoms with Crippen molar-refractivity contribution in [1.82, 2.24) is 4.98 Å². The van der Waals surface area contributed by atoms with Crippen molar-refractivity contribution in [2.24, 2.45) is 0 Å². The summed E-state index contributed by atoms with van der Waals surface area (Å²) >= 11 is 1.37. The maximum Gasteiger partial charge on any atom is 0.341 e. The number of thiophene rings is 1. The third-order valence-electron chi connectivity index (χ3n) is 5.54. The van der Waals surface area contributed by atoms with E-state index >= 15 is 0 Å². The first-order chi connectivity index (χ1) is 17.6. The van der Waals surface area contributed by atoms with Crippen molar-refractivity contribution in [3.63, 3.8) is 0 Å². The first kappa shape index (κ1) is 28.6. The number of nitrogens with one attached hydrogen (secondary N) is 1. The van der Waals surface area contributed by atoms with Gasteiger partial charge < -0.3 is 20.5 Å². The quantitative estimate of drug-likeness (QED) is 0.282. The number of nitrogens with two attached hydrogens (primary N) is 1. The van der Waals surface area contributed by atoms with E-state index in [4.69, 9.17) is 15.2 Å². The Kier molecular flexibility index (Phi) is 8.74. The molecule has 2 heterocycles.